The number of carbonyl (C=O) groups excluding carboxylic acids is 1. The lowest BCUT2D eigenvalue weighted by molar-refractivity contribution is -0.140. The zero-order chi connectivity index (χ0) is 16.4. The third kappa shape index (κ3) is 3.57. The van der Waals surface area contributed by atoms with Gasteiger partial charge >= 0.3 is 5.97 Å². The van der Waals surface area contributed by atoms with Gasteiger partial charge in [0.15, 0.2) is 0 Å². The average molecular weight is 315 g/mol. The minimum atomic E-state index is -0.771. The Kier molecular flexibility index (Phi) is 4.69. The molecule has 2 fully saturated rings. The maximum absolute atomic E-state index is 12.9. The minimum Gasteiger partial charge on any atom is -0.481 e. The number of carboxylic acids is 1. The van der Waals surface area contributed by atoms with Crippen LogP contribution in [-0.2, 0) is 9.59 Å². The van der Waals surface area contributed by atoms with Crippen LogP contribution in [0.1, 0.15) is 55.6 Å². The van der Waals surface area contributed by atoms with Crippen molar-refractivity contribution in [3.63, 3.8) is 0 Å². The van der Waals surface area contributed by atoms with Crippen LogP contribution in [0.4, 0.5) is 0 Å². The van der Waals surface area contributed by atoms with E-state index in [-0.39, 0.29) is 24.3 Å². The Morgan fingerprint density at radius 2 is 2.04 bits per heavy atom. The van der Waals surface area contributed by atoms with Crippen molar-refractivity contribution >= 4 is 11.9 Å². The summed E-state index contributed by atoms with van der Waals surface area (Å²) in [4.78, 5) is 25.7. The Hall–Kier alpha value is -1.84. The number of amides is 1. The molecule has 4 nitrogen and oxygen atoms in total. The van der Waals surface area contributed by atoms with Gasteiger partial charge < -0.3 is 10.0 Å². The van der Waals surface area contributed by atoms with Crippen LogP contribution < -0.4 is 0 Å². The molecular formula is C19H25NO3. The van der Waals surface area contributed by atoms with E-state index in [1.54, 1.807) is 0 Å². The van der Waals surface area contributed by atoms with Crippen LogP contribution in [0.3, 0.4) is 0 Å². The number of piperidine rings is 1. The van der Waals surface area contributed by atoms with Crippen molar-refractivity contribution in [2.45, 2.75) is 57.4 Å². The van der Waals surface area contributed by atoms with Crippen molar-refractivity contribution < 1.29 is 14.7 Å². The molecule has 1 aliphatic carbocycles. The number of aliphatic carboxylic acids is 1. The second-order valence-corrected chi connectivity index (χ2v) is 6.92. The zero-order valence-corrected chi connectivity index (χ0v) is 13.7. The summed E-state index contributed by atoms with van der Waals surface area (Å²) >= 11 is 0. The summed E-state index contributed by atoms with van der Waals surface area (Å²) in [6, 6.07) is 8.42. The van der Waals surface area contributed by atoms with Crippen LogP contribution in [0.25, 0.3) is 0 Å². The lowest BCUT2D eigenvalue weighted by atomic mass is 9.96. The molecule has 0 bridgehead atoms. The largest absolute Gasteiger partial charge is 0.481 e. The van der Waals surface area contributed by atoms with Gasteiger partial charge in [0.1, 0.15) is 0 Å². The van der Waals surface area contributed by atoms with Gasteiger partial charge in [-0.25, -0.2) is 0 Å². The van der Waals surface area contributed by atoms with E-state index in [0.29, 0.717) is 12.3 Å². The molecule has 4 heteroatoms. The summed E-state index contributed by atoms with van der Waals surface area (Å²) < 4.78 is 0. The molecule has 23 heavy (non-hydrogen) atoms. The van der Waals surface area contributed by atoms with E-state index in [0.717, 1.165) is 32.2 Å². The lowest BCUT2D eigenvalue weighted by Crippen LogP contribution is -2.44. The summed E-state index contributed by atoms with van der Waals surface area (Å²) in [6.45, 7) is 2.89. The Bertz CT molecular complexity index is 598. The van der Waals surface area contributed by atoms with Gasteiger partial charge in [-0.15, -0.1) is 0 Å². The van der Waals surface area contributed by atoms with Crippen molar-refractivity contribution in [2.75, 3.05) is 6.54 Å². The summed E-state index contributed by atoms with van der Waals surface area (Å²) in [5.74, 6) is -0.0761. The number of nitrogens with zero attached hydrogens (tertiary/aromatic N) is 1. The quantitative estimate of drug-likeness (QED) is 0.906. The third-order valence-corrected chi connectivity index (χ3v) is 5.30. The van der Waals surface area contributed by atoms with Gasteiger partial charge in [-0.1, -0.05) is 24.3 Å². The van der Waals surface area contributed by atoms with Crippen molar-refractivity contribution in [1.82, 2.24) is 4.90 Å². The van der Waals surface area contributed by atoms with Crippen molar-refractivity contribution in [3.05, 3.63) is 35.4 Å². The van der Waals surface area contributed by atoms with Crippen molar-refractivity contribution in [2.24, 2.45) is 5.92 Å². The first-order chi connectivity index (χ1) is 11.1. The molecule has 0 aromatic heterocycles. The number of hydrogen-bond donors (Lipinski definition) is 1. The smallest absolute Gasteiger partial charge is 0.303 e. The summed E-state index contributed by atoms with van der Waals surface area (Å²) in [6.07, 6.45) is 4.76. The van der Waals surface area contributed by atoms with Crippen LogP contribution in [-0.4, -0.2) is 34.5 Å². The summed E-state index contributed by atoms with van der Waals surface area (Å²) in [5.41, 5.74) is 2.55. The topological polar surface area (TPSA) is 57.6 Å². The normalized spacial score (nSPS) is 26.8. The highest BCUT2D eigenvalue weighted by molar-refractivity contribution is 5.83. The molecule has 1 N–H and O–H groups in total. The molecule has 3 atom stereocenters. The number of benzene rings is 1. The molecule has 2 aliphatic rings. The van der Waals surface area contributed by atoms with Gasteiger partial charge in [0.25, 0.3) is 0 Å². The van der Waals surface area contributed by atoms with E-state index in [1.165, 1.54) is 11.1 Å². The highest BCUT2D eigenvalue weighted by Gasteiger charge is 2.47. The van der Waals surface area contributed by atoms with E-state index < -0.39 is 5.97 Å². The van der Waals surface area contributed by atoms with Gasteiger partial charge in [0.2, 0.25) is 5.91 Å². The van der Waals surface area contributed by atoms with Gasteiger partial charge in [0, 0.05) is 24.9 Å². The third-order valence-electron chi connectivity index (χ3n) is 5.30. The molecule has 0 unspecified atom stereocenters. The molecule has 1 saturated carbocycles. The maximum Gasteiger partial charge on any atom is 0.303 e. The van der Waals surface area contributed by atoms with Crippen molar-refractivity contribution in [1.29, 1.82) is 0 Å². The first-order valence-electron chi connectivity index (χ1n) is 8.65. The van der Waals surface area contributed by atoms with E-state index in [1.807, 2.05) is 17.0 Å². The molecule has 1 aromatic carbocycles. The summed E-state index contributed by atoms with van der Waals surface area (Å²) in [5, 5.41) is 8.91. The molecule has 1 aromatic rings. The molecule has 3 rings (SSSR count). The Morgan fingerprint density at radius 1 is 1.26 bits per heavy atom. The van der Waals surface area contributed by atoms with Gasteiger partial charge in [-0.2, -0.15) is 0 Å². The fourth-order valence-corrected chi connectivity index (χ4v) is 3.91. The Balaban J connectivity index is 1.65. The first kappa shape index (κ1) is 16.0. The second kappa shape index (κ2) is 6.73. The Morgan fingerprint density at radius 3 is 2.78 bits per heavy atom. The fraction of sp³-hybridized carbons (Fsp3) is 0.579. The van der Waals surface area contributed by atoms with Crippen molar-refractivity contribution in [3.8, 4) is 0 Å². The highest BCUT2D eigenvalue weighted by atomic mass is 16.4. The number of rotatable bonds is 5. The van der Waals surface area contributed by atoms with E-state index in [4.69, 9.17) is 5.11 Å². The second-order valence-electron chi connectivity index (χ2n) is 6.92. The highest BCUT2D eigenvalue weighted by Crippen LogP contribution is 2.50. The van der Waals surface area contributed by atoms with Crippen LogP contribution in [0.2, 0.25) is 0 Å². The van der Waals surface area contributed by atoms with Crippen LogP contribution in [0.5, 0.6) is 0 Å². The van der Waals surface area contributed by atoms with Gasteiger partial charge in [0.05, 0.1) is 0 Å². The fourth-order valence-electron chi connectivity index (χ4n) is 3.91. The van der Waals surface area contributed by atoms with E-state index in [9.17, 15) is 9.59 Å². The minimum absolute atomic E-state index is 0.0986. The molecular weight excluding hydrogens is 290 g/mol. The lowest BCUT2D eigenvalue weighted by Gasteiger charge is -2.36. The average Bonchev–Trinajstić information content (AvgIpc) is 3.33. The predicted octanol–water partition coefficient (Wildman–Crippen LogP) is 3.34. The number of likely N-dealkylation sites (tertiary alicyclic amines) is 1. The monoisotopic (exact) mass is 315 g/mol. The molecule has 124 valence electrons. The predicted molar refractivity (Wildman–Crippen MR) is 88.2 cm³/mol. The zero-order valence-electron chi connectivity index (χ0n) is 13.7. The molecule has 1 amide bonds. The maximum atomic E-state index is 12.9. The summed E-state index contributed by atoms with van der Waals surface area (Å²) in [7, 11) is 0. The van der Waals surface area contributed by atoms with E-state index in [2.05, 4.69) is 19.1 Å². The van der Waals surface area contributed by atoms with Crippen LogP contribution >= 0.6 is 0 Å². The van der Waals surface area contributed by atoms with E-state index >= 15 is 0 Å². The molecule has 0 spiro atoms. The molecule has 1 saturated heterocycles. The number of hydrogen-bond acceptors (Lipinski definition) is 2. The number of aryl methyl sites for hydroxylation is 1. The number of carbonyl (C=O) groups is 2. The molecule has 1 aliphatic heterocycles. The molecule has 0 radical (unpaired) electrons. The van der Waals surface area contributed by atoms with Crippen LogP contribution in [0, 0.1) is 12.8 Å². The first-order valence-corrected chi connectivity index (χ1v) is 8.65. The SMILES string of the molecule is Cc1ccccc1[C@@H]1C[C@H]1C(=O)N1CCCC[C@@H]1CCC(=O)O. The van der Waals surface area contributed by atoms with Gasteiger partial charge in [-0.3, -0.25) is 9.59 Å². The number of carboxylic acid groups (broad SMARTS) is 1. The van der Waals surface area contributed by atoms with Gasteiger partial charge in [-0.05, 0) is 56.1 Å². The standard InChI is InChI=1S/C19H25NO3/c1-13-6-2-3-8-15(13)16-12-17(16)19(23)20-11-5-4-7-14(20)9-10-18(21)22/h2-3,6,8,14,16-17H,4-5,7,9-12H2,1H3,(H,21,22)/t14-,16+,17-/m1/s1. The van der Waals surface area contributed by atoms with Crippen LogP contribution in [0.15, 0.2) is 24.3 Å². The molecule has 1 heterocycles. The Labute approximate surface area is 137 Å².